The van der Waals surface area contributed by atoms with Crippen LogP contribution in [0.2, 0.25) is 0 Å². The van der Waals surface area contributed by atoms with Crippen molar-refractivity contribution in [3.8, 4) is 6.07 Å². The van der Waals surface area contributed by atoms with Crippen LogP contribution < -0.4 is 0 Å². The number of hydrogen-bond donors (Lipinski definition) is 0. The lowest BCUT2D eigenvalue weighted by Gasteiger charge is -2.04. The van der Waals surface area contributed by atoms with E-state index in [0.29, 0.717) is 11.1 Å². The molecule has 2 nitrogen and oxygen atoms in total. The highest BCUT2D eigenvalue weighted by Crippen LogP contribution is 2.20. The minimum atomic E-state index is -0.375. The summed E-state index contributed by atoms with van der Waals surface area (Å²) in [5.41, 5.74) is 1.57. The van der Waals surface area contributed by atoms with Crippen LogP contribution >= 0.6 is 0 Å². The van der Waals surface area contributed by atoms with Gasteiger partial charge in [-0.2, -0.15) is 5.26 Å². The Bertz CT molecular complexity index is 617. The number of rotatable bonds is 3. The zero-order valence-electron chi connectivity index (χ0n) is 10.1. The molecule has 0 aliphatic heterocycles. The molecule has 0 saturated heterocycles. The molecule has 0 aliphatic carbocycles. The van der Waals surface area contributed by atoms with Gasteiger partial charge in [-0.25, -0.2) is 4.39 Å². The van der Waals surface area contributed by atoms with Crippen LogP contribution in [-0.2, 0) is 6.54 Å². The second-order valence-corrected chi connectivity index (χ2v) is 3.87. The van der Waals surface area contributed by atoms with Gasteiger partial charge in [0.05, 0.1) is 11.6 Å². The second kappa shape index (κ2) is 5.33. The van der Waals surface area contributed by atoms with Gasteiger partial charge in [-0.1, -0.05) is 18.2 Å². The van der Waals surface area contributed by atoms with Crippen molar-refractivity contribution in [2.75, 3.05) is 0 Å². The van der Waals surface area contributed by atoms with E-state index in [4.69, 9.17) is 0 Å². The maximum absolute atomic E-state index is 13.6. The van der Waals surface area contributed by atoms with Crippen molar-refractivity contribution in [2.45, 2.75) is 13.5 Å². The van der Waals surface area contributed by atoms with Gasteiger partial charge in [0.25, 0.3) is 0 Å². The van der Waals surface area contributed by atoms with Crippen molar-refractivity contribution in [1.29, 1.82) is 5.26 Å². The highest BCUT2D eigenvalue weighted by atomic mass is 19.1. The van der Waals surface area contributed by atoms with E-state index in [2.05, 4.69) is 6.07 Å². The number of nitriles is 1. The maximum atomic E-state index is 13.6. The molecule has 0 amide bonds. The Labute approximate surface area is 106 Å². The van der Waals surface area contributed by atoms with Gasteiger partial charge in [0, 0.05) is 24.0 Å². The molecule has 3 heteroatoms. The third-order valence-corrected chi connectivity index (χ3v) is 2.78. The topological polar surface area (TPSA) is 28.7 Å². The van der Waals surface area contributed by atoms with Gasteiger partial charge in [0.1, 0.15) is 5.82 Å². The summed E-state index contributed by atoms with van der Waals surface area (Å²) >= 11 is 0. The molecule has 18 heavy (non-hydrogen) atoms. The third-order valence-electron chi connectivity index (χ3n) is 2.78. The van der Waals surface area contributed by atoms with Crippen LogP contribution in [0.3, 0.4) is 0 Å². The summed E-state index contributed by atoms with van der Waals surface area (Å²) in [5.74, 6) is -0.375. The highest BCUT2D eigenvalue weighted by Gasteiger charge is 2.07. The number of allylic oxidation sites excluding steroid dienone is 1. The molecule has 90 valence electrons. The van der Waals surface area contributed by atoms with Crippen molar-refractivity contribution in [3.63, 3.8) is 0 Å². The van der Waals surface area contributed by atoms with E-state index < -0.39 is 0 Å². The monoisotopic (exact) mass is 240 g/mol. The summed E-state index contributed by atoms with van der Waals surface area (Å²) in [6.45, 7) is 2.83. The Morgan fingerprint density at radius 1 is 1.33 bits per heavy atom. The first kappa shape index (κ1) is 12.1. The van der Waals surface area contributed by atoms with E-state index >= 15 is 0 Å². The molecule has 0 N–H and O–H groups in total. The first-order valence-electron chi connectivity index (χ1n) is 5.78. The lowest BCUT2D eigenvalue weighted by atomic mass is 10.1. The summed E-state index contributed by atoms with van der Waals surface area (Å²) < 4.78 is 15.6. The zero-order valence-corrected chi connectivity index (χ0v) is 10.1. The fraction of sp³-hybridized carbons (Fsp3) is 0.133. The van der Waals surface area contributed by atoms with E-state index in [1.165, 1.54) is 6.07 Å². The lowest BCUT2D eigenvalue weighted by Crippen LogP contribution is -1.95. The van der Waals surface area contributed by atoms with E-state index in [1.54, 1.807) is 24.3 Å². The molecule has 0 fully saturated rings. The Morgan fingerprint density at radius 2 is 2.11 bits per heavy atom. The quantitative estimate of drug-likeness (QED) is 0.752. The molecular weight excluding hydrogens is 227 g/mol. The molecule has 0 saturated carbocycles. The number of benzene rings is 1. The Hall–Kier alpha value is -2.34. The van der Waals surface area contributed by atoms with Crippen LogP contribution in [0.1, 0.15) is 18.2 Å². The van der Waals surface area contributed by atoms with Crippen LogP contribution in [0.25, 0.3) is 11.6 Å². The predicted molar refractivity (Wildman–Crippen MR) is 70.0 cm³/mol. The normalized spacial score (nSPS) is 11.3. The molecule has 1 aromatic carbocycles. The molecule has 1 aromatic heterocycles. The van der Waals surface area contributed by atoms with Crippen molar-refractivity contribution in [3.05, 3.63) is 59.7 Å². The van der Waals surface area contributed by atoms with E-state index in [0.717, 1.165) is 12.2 Å². The smallest absolute Gasteiger partial charge is 0.131 e. The molecule has 0 aliphatic rings. The van der Waals surface area contributed by atoms with Gasteiger partial charge >= 0.3 is 0 Å². The molecule has 0 spiro atoms. The van der Waals surface area contributed by atoms with Crippen LogP contribution in [0.5, 0.6) is 0 Å². The minimum absolute atomic E-state index is 0.335. The van der Waals surface area contributed by atoms with Crippen LogP contribution in [0.15, 0.2) is 42.6 Å². The predicted octanol–water partition coefficient (Wildman–Crippen LogP) is 3.71. The molecule has 1 heterocycles. The molecule has 2 aromatic rings. The molecule has 0 atom stereocenters. The van der Waals surface area contributed by atoms with Crippen molar-refractivity contribution in [1.82, 2.24) is 4.57 Å². The molecule has 0 bridgehead atoms. The fourth-order valence-electron chi connectivity index (χ4n) is 1.84. The van der Waals surface area contributed by atoms with Gasteiger partial charge in [-0.05, 0) is 31.2 Å². The van der Waals surface area contributed by atoms with Gasteiger partial charge in [-0.15, -0.1) is 0 Å². The second-order valence-electron chi connectivity index (χ2n) is 3.87. The summed E-state index contributed by atoms with van der Waals surface area (Å²) in [4.78, 5) is 0. The minimum Gasteiger partial charge on any atom is -0.348 e. The van der Waals surface area contributed by atoms with Crippen molar-refractivity contribution >= 4 is 11.6 Å². The number of nitrogens with zero attached hydrogens (tertiary/aromatic N) is 2. The fourth-order valence-corrected chi connectivity index (χ4v) is 1.84. The van der Waals surface area contributed by atoms with E-state index in [1.807, 2.05) is 29.8 Å². The van der Waals surface area contributed by atoms with Gasteiger partial charge < -0.3 is 4.57 Å². The Kier molecular flexibility index (Phi) is 3.59. The van der Waals surface area contributed by atoms with E-state index in [-0.39, 0.29) is 5.82 Å². The van der Waals surface area contributed by atoms with E-state index in [9.17, 15) is 9.65 Å². The third kappa shape index (κ3) is 2.33. The number of hydrogen-bond acceptors (Lipinski definition) is 1. The first-order valence-corrected chi connectivity index (χ1v) is 5.78. The summed E-state index contributed by atoms with van der Waals surface area (Å²) in [5, 5.41) is 9.17. The Balaban J connectivity index is 2.48. The largest absolute Gasteiger partial charge is 0.348 e. The average molecular weight is 240 g/mol. The first-order chi connectivity index (χ1) is 8.76. The number of halogens is 1. The standard InChI is InChI=1S/C15H13FN2/c1-2-18-9-5-6-13(18)10-12(11-17)14-7-3-4-8-15(14)16/h3-10H,2H2,1H3. The number of aryl methyl sites for hydroxylation is 1. The molecule has 0 radical (unpaired) electrons. The van der Waals surface area contributed by atoms with Crippen molar-refractivity contribution < 1.29 is 4.39 Å². The average Bonchev–Trinajstić information content (AvgIpc) is 2.84. The lowest BCUT2D eigenvalue weighted by molar-refractivity contribution is 0.624. The highest BCUT2D eigenvalue weighted by molar-refractivity contribution is 5.89. The summed E-state index contributed by atoms with van der Waals surface area (Å²) in [6, 6.07) is 12.2. The van der Waals surface area contributed by atoms with Gasteiger partial charge in [0.15, 0.2) is 0 Å². The molecule has 2 rings (SSSR count). The molecular formula is C15H13FN2. The number of aromatic nitrogens is 1. The van der Waals surface area contributed by atoms with Crippen LogP contribution in [-0.4, -0.2) is 4.57 Å². The molecule has 0 unspecified atom stereocenters. The zero-order chi connectivity index (χ0) is 13.0. The van der Waals surface area contributed by atoms with Crippen LogP contribution in [0.4, 0.5) is 4.39 Å². The maximum Gasteiger partial charge on any atom is 0.131 e. The van der Waals surface area contributed by atoms with Crippen molar-refractivity contribution in [2.24, 2.45) is 0 Å². The Morgan fingerprint density at radius 3 is 2.78 bits per heavy atom. The van der Waals surface area contributed by atoms with Crippen LogP contribution in [0, 0.1) is 17.1 Å². The van der Waals surface area contributed by atoms with Gasteiger partial charge in [-0.3, -0.25) is 0 Å². The summed E-state index contributed by atoms with van der Waals surface area (Å²) in [7, 11) is 0. The summed E-state index contributed by atoms with van der Waals surface area (Å²) in [6.07, 6.45) is 3.64. The SMILES string of the molecule is CCn1cccc1C=C(C#N)c1ccccc1F. The van der Waals surface area contributed by atoms with Gasteiger partial charge in [0.2, 0.25) is 0 Å².